The highest BCUT2D eigenvalue weighted by Crippen LogP contribution is 2.34. The van der Waals surface area contributed by atoms with Crippen LogP contribution >= 0.6 is 24.0 Å². The van der Waals surface area contributed by atoms with E-state index in [1.807, 2.05) is 19.1 Å². The Morgan fingerprint density at radius 2 is 1.86 bits per heavy atom. The highest BCUT2D eigenvalue weighted by Gasteiger charge is 2.33. The normalized spacial score (nSPS) is 18.4. The number of fused-ring (bicyclic) bond motifs is 1. The molecule has 2 aromatic rings. The minimum atomic E-state index is -0.145. The molecule has 0 saturated carbocycles. The van der Waals surface area contributed by atoms with E-state index in [-0.39, 0.29) is 11.5 Å². The molecule has 0 bridgehead atoms. The van der Waals surface area contributed by atoms with Gasteiger partial charge in [0.1, 0.15) is 15.8 Å². The Bertz CT molecular complexity index is 1180. The van der Waals surface area contributed by atoms with Gasteiger partial charge in [0.15, 0.2) is 0 Å². The molecule has 0 aromatic carbocycles. The minimum absolute atomic E-state index is 0.0967. The SMILES string of the molecule is CCCCCCCCN1C(=O)C(=Cc2c(N3CCC(C)CC3)nc3c(C)cccn3c2=O)SC1=S. The summed E-state index contributed by atoms with van der Waals surface area (Å²) in [7, 11) is 0. The lowest BCUT2D eigenvalue weighted by molar-refractivity contribution is -0.122. The monoisotopic (exact) mass is 512 g/mol. The van der Waals surface area contributed by atoms with Crippen molar-refractivity contribution in [3.8, 4) is 0 Å². The van der Waals surface area contributed by atoms with Crippen LogP contribution in [-0.2, 0) is 4.79 Å². The molecular formula is C27H36N4O2S2. The second-order valence-electron chi connectivity index (χ2n) is 9.81. The second kappa shape index (κ2) is 11.7. The Morgan fingerprint density at radius 3 is 2.60 bits per heavy atom. The van der Waals surface area contributed by atoms with E-state index in [2.05, 4.69) is 18.7 Å². The first-order chi connectivity index (χ1) is 16.9. The zero-order chi connectivity index (χ0) is 24.9. The number of unbranched alkanes of at least 4 members (excludes halogenated alkanes) is 5. The molecule has 1 amide bonds. The predicted molar refractivity (Wildman–Crippen MR) is 150 cm³/mol. The lowest BCUT2D eigenvalue weighted by Crippen LogP contribution is -2.36. The number of hydrogen-bond acceptors (Lipinski definition) is 6. The number of nitrogens with zero attached hydrogens (tertiary/aromatic N) is 4. The van der Waals surface area contributed by atoms with Crippen molar-refractivity contribution in [1.82, 2.24) is 14.3 Å². The Balaban J connectivity index is 1.63. The Hall–Kier alpha value is -2.19. The molecule has 8 heteroatoms. The quantitative estimate of drug-likeness (QED) is 0.240. The zero-order valence-corrected chi connectivity index (χ0v) is 22.7. The number of piperidine rings is 1. The van der Waals surface area contributed by atoms with Crippen molar-refractivity contribution in [2.45, 2.75) is 72.1 Å². The maximum absolute atomic E-state index is 13.6. The summed E-state index contributed by atoms with van der Waals surface area (Å²) < 4.78 is 2.17. The molecular weight excluding hydrogens is 476 g/mol. The second-order valence-corrected chi connectivity index (χ2v) is 11.5. The summed E-state index contributed by atoms with van der Waals surface area (Å²) in [5.41, 5.74) is 1.95. The Morgan fingerprint density at radius 1 is 1.14 bits per heavy atom. The van der Waals surface area contributed by atoms with Crippen LogP contribution < -0.4 is 10.5 Å². The maximum Gasteiger partial charge on any atom is 0.267 e. The topological polar surface area (TPSA) is 57.9 Å². The van der Waals surface area contributed by atoms with Crippen LogP contribution in [0.2, 0.25) is 0 Å². The number of amides is 1. The van der Waals surface area contributed by atoms with Gasteiger partial charge in [0.25, 0.3) is 11.5 Å². The molecule has 4 rings (SSSR count). The molecule has 0 atom stereocenters. The van der Waals surface area contributed by atoms with Crippen LogP contribution in [0.3, 0.4) is 0 Å². The van der Waals surface area contributed by atoms with Crippen molar-refractivity contribution in [2.24, 2.45) is 5.92 Å². The van der Waals surface area contributed by atoms with Gasteiger partial charge in [-0.25, -0.2) is 4.98 Å². The number of thiocarbonyl (C=S) groups is 1. The standard InChI is InChI=1S/C27H36N4O2S2/c1-4-5-6-7-8-9-14-31-26(33)22(35-27(31)34)18-21-24(29-16-12-19(2)13-17-29)28-23-20(3)11-10-15-30(23)25(21)32/h10-11,15,18-19H,4-9,12-14,16-17H2,1-3H3. The smallest absolute Gasteiger partial charge is 0.267 e. The summed E-state index contributed by atoms with van der Waals surface area (Å²) in [5.74, 6) is 1.24. The van der Waals surface area contributed by atoms with Gasteiger partial charge in [-0.15, -0.1) is 0 Å². The molecule has 2 aromatic heterocycles. The summed E-state index contributed by atoms with van der Waals surface area (Å²) >= 11 is 6.84. The van der Waals surface area contributed by atoms with Gasteiger partial charge in [-0.3, -0.25) is 18.9 Å². The molecule has 0 spiro atoms. The van der Waals surface area contributed by atoms with E-state index in [1.165, 1.54) is 37.4 Å². The summed E-state index contributed by atoms with van der Waals surface area (Å²) in [6.45, 7) is 8.79. The molecule has 6 nitrogen and oxygen atoms in total. The number of carbonyl (C=O) groups excluding carboxylic acids is 1. The first-order valence-electron chi connectivity index (χ1n) is 12.9. The predicted octanol–water partition coefficient (Wildman–Crippen LogP) is 5.80. The number of thioether (sulfide) groups is 1. The number of aromatic nitrogens is 2. The van der Waals surface area contributed by atoms with Gasteiger partial charge >= 0.3 is 0 Å². The van der Waals surface area contributed by atoms with Crippen molar-refractivity contribution in [3.05, 3.63) is 44.7 Å². The van der Waals surface area contributed by atoms with Crippen LogP contribution in [0.4, 0.5) is 5.82 Å². The molecule has 2 aliphatic rings. The minimum Gasteiger partial charge on any atom is -0.356 e. The fraction of sp³-hybridized carbons (Fsp3) is 0.556. The lowest BCUT2D eigenvalue weighted by Gasteiger charge is -2.32. The molecule has 0 radical (unpaired) electrons. The maximum atomic E-state index is 13.6. The number of aryl methyl sites for hydroxylation is 1. The van der Waals surface area contributed by atoms with Crippen LogP contribution in [0.5, 0.6) is 0 Å². The first-order valence-corrected chi connectivity index (χ1v) is 14.2. The summed E-state index contributed by atoms with van der Waals surface area (Å²) in [6.07, 6.45) is 12.6. The summed E-state index contributed by atoms with van der Waals surface area (Å²) in [4.78, 5) is 36.3. The Labute approximate surface area is 217 Å². The van der Waals surface area contributed by atoms with E-state index in [4.69, 9.17) is 17.2 Å². The van der Waals surface area contributed by atoms with E-state index in [1.54, 1.807) is 21.6 Å². The number of carbonyl (C=O) groups is 1. The fourth-order valence-corrected chi connectivity index (χ4v) is 6.05. The molecule has 4 heterocycles. The van der Waals surface area contributed by atoms with Gasteiger partial charge in [-0.1, -0.05) is 76.0 Å². The fourth-order valence-electron chi connectivity index (χ4n) is 4.76. The largest absolute Gasteiger partial charge is 0.356 e. The molecule has 0 aliphatic carbocycles. The van der Waals surface area contributed by atoms with Crippen LogP contribution in [0.1, 0.15) is 76.3 Å². The third kappa shape index (κ3) is 5.80. The van der Waals surface area contributed by atoms with Crippen LogP contribution in [0, 0.1) is 12.8 Å². The van der Waals surface area contributed by atoms with Gasteiger partial charge in [0.05, 0.1) is 10.5 Å². The van der Waals surface area contributed by atoms with Gasteiger partial charge in [0.2, 0.25) is 0 Å². The van der Waals surface area contributed by atoms with Crippen molar-refractivity contribution in [3.63, 3.8) is 0 Å². The van der Waals surface area contributed by atoms with E-state index in [9.17, 15) is 9.59 Å². The van der Waals surface area contributed by atoms with Crippen LogP contribution in [-0.4, -0.2) is 44.1 Å². The average Bonchev–Trinajstić information content (AvgIpc) is 3.11. The molecule has 0 N–H and O–H groups in total. The molecule has 35 heavy (non-hydrogen) atoms. The number of hydrogen-bond donors (Lipinski definition) is 0. The highest BCUT2D eigenvalue weighted by atomic mass is 32.2. The number of anilines is 1. The van der Waals surface area contributed by atoms with E-state index in [0.29, 0.717) is 38.7 Å². The van der Waals surface area contributed by atoms with E-state index in [0.717, 1.165) is 44.3 Å². The van der Waals surface area contributed by atoms with Crippen LogP contribution in [0.25, 0.3) is 11.7 Å². The third-order valence-corrected chi connectivity index (χ3v) is 8.41. The zero-order valence-electron chi connectivity index (χ0n) is 21.1. The number of pyridine rings is 1. The lowest BCUT2D eigenvalue weighted by atomic mass is 9.99. The van der Waals surface area contributed by atoms with Gasteiger partial charge in [0, 0.05) is 25.8 Å². The average molecular weight is 513 g/mol. The van der Waals surface area contributed by atoms with Crippen molar-refractivity contribution < 1.29 is 4.79 Å². The van der Waals surface area contributed by atoms with Gasteiger partial charge in [-0.2, -0.15) is 0 Å². The molecule has 188 valence electrons. The summed E-state index contributed by atoms with van der Waals surface area (Å²) in [5, 5.41) is 0. The van der Waals surface area contributed by atoms with E-state index < -0.39 is 0 Å². The van der Waals surface area contributed by atoms with Gasteiger partial charge < -0.3 is 4.90 Å². The van der Waals surface area contributed by atoms with E-state index >= 15 is 0 Å². The van der Waals surface area contributed by atoms with Gasteiger partial charge in [-0.05, 0) is 49.8 Å². The van der Waals surface area contributed by atoms with Crippen molar-refractivity contribution >= 4 is 51.7 Å². The third-order valence-electron chi connectivity index (χ3n) is 7.03. The van der Waals surface area contributed by atoms with Crippen molar-refractivity contribution in [2.75, 3.05) is 24.5 Å². The van der Waals surface area contributed by atoms with Crippen LogP contribution in [0.15, 0.2) is 28.0 Å². The molecule has 2 fully saturated rings. The number of rotatable bonds is 9. The molecule has 2 aliphatic heterocycles. The molecule has 2 saturated heterocycles. The Kier molecular flexibility index (Phi) is 8.65. The summed E-state index contributed by atoms with van der Waals surface area (Å²) in [6, 6.07) is 3.83. The highest BCUT2D eigenvalue weighted by molar-refractivity contribution is 8.26. The first kappa shape index (κ1) is 25.9. The van der Waals surface area contributed by atoms with Crippen molar-refractivity contribution in [1.29, 1.82) is 0 Å². The molecule has 0 unspecified atom stereocenters.